The number of anilines is 2. The van der Waals surface area contributed by atoms with E-state index in [9.17, 15) is 0 Å². The van der Waals surface area contributed by atoms with Gasteiger partial charge in [-0.25, -0.2) is 0 Å². The molecule has 2 aromatic carbocycles. The van der Waals surface area contributed by atoms with E-state index in [4.69, 9.17) is 0 Å². The van der Waals surface area contributed by atoms with Gasteiger partial charge in [-0.05, 0) is 58.9 Å². The van der Waals surface area contributed by atoms with Crippen LogP contribution in [0.2, 0.25) is 12.1 Å². The van der Waals surface area contributed by atoms with Crippen molar-refractivity contribution in [2.45, 2.75) is 77.3 Å². The minimum atomic E-state index is -1.83. The predicted octanol–water partition coefficient (Wildman–Crippen LogP) is 8.02. The molecule has 0 atom stereocenters. The molecule has 0 amide bonds. The van der Waals surface area contributed by atoms with Crippen molar-refractivity contribution in [1.82, 2.24) is 0 Å². The normalized spacial score (nSPS) is 14.6. The summed E-state index contributed by atoms with van der Waals surface area (Å²) in [6.45, 7) is 4.62. The Morgan fingerprint density at radius 2 is 1.14 bits per heavy atom. The van der Waals surface area contributed by atoms with Crippen LogP contribution in [-0.4, -0.2) is 15.1 Å². The molecule has 4 heteroatoms. The zero-order chi connectivity index (χ0) is 20.9. The summed E-state index contributed by atoms with van der Waals surface area (Å²) in [6.07, 6.45) is 10.8. The van der Waals surface area contributed by atoms with Gasteiger partial charge in [-0.2, -0.15) is 0 Å². The first-order valence-electron chi connectivity index (χ1n) is 11.4. The van der Waals surface area contributed by atoms with Crippen molar-refractivity contribution in [1.29, 1.82) is 0 Å². The monoisotopic (exact) mass is 535 g/mol. The highest BCUT2D eigenvalue weighted by molar-refractivity contribution is 9.10. The zero-order valence-corrected chi connectivity index (χ0v) is 22.4. The van der Waals surface area contributed by atoms with E-state index < -0.39 is 8.07 Å². The van der Waals surface area contributed by atoms with Crippen LogP contribution in [0.5, 0.6) is 0 Å². The molecule has 0 spiro atoms. The lowest BCUT2D eigenvalue weighted by atomic mass is 10.2. The summed E-state index contributed by atoms with van der Waals surface area (Å²) in [5, 5.41) is 3.29. The first-order chi connectivity index (χ1) is 14.0. The maximum Gasteiger partial charge on any atom is 0.123 e. The molecule has 0 saturated carbocycles. The van der Waals surface area contributed by atoms with Crippen LogP contribution in [0.1, 0.15) is 65.2 Å². The fraction of sp³-hybridized carbons (Fsp3) is 0.520. The Labute approximate surface area is 195 Å². The van der Waals surface area contributed by atoms with Crippen molar-refractivity contribution in [2.75, 3.05) is 11.9 Å². The third kappa shape index (κ3) is 5.02. The molecular weight excluding hydrogens is 502 g/mol. The number of halogens is 2. The van der Waals surface area contributed by atoms with Gasteiger partial charge in [0.05, 0.1) is 0 Å². The van der Waals surface area contributed by atoms with Crippen molar-refractivity contribution in [3.63, 3.8) is 0 Å². The molecule has 29 heavy (non-hydrogen) atoms. The minimum Gasteiger partial charge on any atom is -0.345 e. The molecule has 0 N–H and O–H groups in total. The Kier molecular flexibility index (Phi) is 8.47. The van der Waals surface area contributed by atoms with Crippen molar-refractivity contribution >= 4 is 61.7 Å². The standard InChI is InChI=1S/C25H35Br2NSi/c1-4-6-8-10-16-29(17-11-9-7-5-2)24-18-20(26)12-14-22(24)28(3)23-15-13-21(27)19-25(23)29/h12-15,18-19H,4-11,16-17H2,1-3H3. The molecule has 0 bridgehead atoms. The van der Waals surface area contributed by atoms with Gasteiger partial charge < -0.3 is 4.90 Å². The molecule has 158 valence electrons. The molecule has 2 aromatic rings. The zero-order valence-electron chi connectivity index (χ0n) is 18.2. The van der Waals surface area contributed by atoms with Crippen molar-refractivity contribution in [3.05, 3.63) is 45.3 Å². The van der Waals surface area contributed by atoms with Crippen LogP contribution in [0.4, 0.5) is 11.4 Å². The van der Waals surface area contributed by atoms with Gasteiger partial charge in [-0.1, -0.05) is 97.1 Å². The molecule has 1 heterocycles. The van der Waals surface area contributed by atoms with E-state index in [0.29, 0.717) is 0 Å². The number of hydrogen-bond donors (Lipinski definition) is 0. The molecule has 0 radical (unpaired) electrons. The molecular formula is C25H35Br2NSi. The third-order valence-electron chi connectivity index (χ3n) is 6.59. The summed E-state index contributed by atoms with van der Waals surface area (Å²) in [5.41, 5.74) is 2.86. The van der Waals surface area contributed by atoms with E-state index in [1.807, 2.05) is 0 Å². The predicted molar refractivity (Wildman–Crippen MR) is 139 cm³/mol. The fourth-order valence-corrected chi connectivity index (χ4v) is 11.8. The quantitative estimate of drug-likeness (QED) is 0.219. The molecule has 0 unspecified atom stereocenters. The van der Waals surface area contributed by atoms with Gasteiger partial charge in [0, 0.05) is 27.4 Å². The Morgan fingerprint density at radius 3 is 1.55 bits per heavy atom. The molecule has 1 aliphatic heterocycles. The van der Waals surface area contributed by atoms with Crippen LogP contribution in [0.15, 0.2) is 45.3 Å². The number of nitrogens with zero attached hydrogens (tertiary/aromatic N) is 1. The van der Waals surface area contributed by atoms with E-state index in [2.05, 4.69) is 94.1 Å². The first kappa shape index (κ1) is 23.1. The third-order valence-corrected chi connectivity index (χ3v) is 12.8. The molecule has 0 saturated heterocycles. The van der Waals surface area contributed by atoms with Gasteiger partial charge in [0.15, 0.2) is 0 Å². The van der Waals surface area contributed by atoms with E-state index in [1.54, 1.807) is 10.4 Å². The largest absolute Gasteiger partial charge is 0.345 e. The van der Waals surface area contributed by atoms with Crippen molar-refractivity contribution in [2.24, 2.45) is 0 Å². The Morgan fingerprint density at radius 1 is 0.690 bits per heavy atom. The maximum atomic E-state index is 3.80. The highest BCUT2D eigenvalue weighted by Crippen LogP contribution is 2.37. The molecule has 0 aromatic heterocycles. The molecule has 1 nitrogen and oxygen atoms in total. The second kappa shape index (κ2) is 10.6. The van der Waals surface area contributed by atoms with Crippen LogP contribution in [0, 0.1) is 0 Å². The summed E-state index contributed by atoms with van der Waals surface area (Å²) >= 11 is 7.59. The highest BCUT2D eigenvalue weighted by atomic mass is 79.9. The van der Waals surface area contributed by atoms with Gasteiger partial charge in [0.2, 0.25) is 0 Å². The van der Waals surface area contributed by atoms with Crippen molar-refractivity contribution < 1.29 is 0 Å². The summed E-state index contributed by atoms with van der Waals surface area (Å²) in [4.78, 5) is 2.42. The van der Waals surface area contributed by atoms with Crippen molar-refractivity contribution in [3.8, 4) is 0 Å². The summed E-state index contributed by atoms with van der Waals surface area (Å²) in [6, 6.07) is 16.8. The van der Waals surface area contributed by atoms with Crippen LogP contribution in [-0.2, 0) is 0 Å². The number of rotatable bonds is 10. The number of unbranched alkanes of at least 4 members (excludes halogenated alkanes) is 6. The van der Waals surface area contributed by atoms with E-state index in [0.717, 1.165) is 0 Å². The Bertz CT molecular complexity index is 753. The van der Waals surface area contributed by atoms with Gasteiger partial charge >= 0.3 is 0 Å². The number of benzene rings is 2. The van der Waals surface area contributed by atoms with Crippen LogP contribution in [0.25, 0.3) is 0 Å². The van der Waals surface area contributed by atoms with E-state index in [1.165, 1.54) is 83.8 Å². The summed E-state index contributed by atoms with van der Waals surface area (Å²) in [5.74, 6) is 0. The van der Waals surface area contributed by atoms with Gasteiger partial charge in [-0.15, -0.1) is 0 Å². The molecule has 1 aliphatic rings. The lowest BCUT2D eigenvalue weighted by Crippen LogP contribution is -2.62. The highest BCUT2D eigenvalue weighted by Gasteiger charge is 2.44. The fourth-order valence-electron chi connectivity index (χ4n) is 5.01. The van der Waals surface area contributed by atoms with Crippen LogP contribution in [0.3, 0.4) is 0 Å². The van der Waals surface area contributed by atoms with Gasteiger partial charge in [0.25, 0.3) is 0 Å². The molecule has 0 fully saturated rings. The Balaban J connectivity index is 2.11. The Hall–Kier alpha value is -0.583. The average Bonchev–Trinajstić information content (AvgIpc) is 2.71. The maximum absolute atomic E-state index is 3.80. The SMILES string of the molecule is CCCCCC[Si]1(CCCCCC)c2cc(Br)ccc2N(C)c2ccc(Br)cc21. The second-order valence-electron chi connectivity index (χ2n) is 8.59. The van der Waals surface area contributed by atoms with Crippen LogP contribution >= 0.6 is 31.9 Å². The summed E-state index contributed by atoms with van der Waals surface area (Å²) in [7, 11) is 0.412. The molecule has 0 aliphatic carbocycles. The minimum absolute atomic E-state index is 1.22. The van der Waals surface area contributed by atoms with E-state index in [-0.39, 0.29) is 0 Å². The first-order valence-corrected chi connectivity index (χ1v) is 15.4. The average molecular weight is 537 g/mol. The van der Waals surface area contributed by atoms with E-state index >= 15 is 0 Å². The topological polar surface area (TPSA) is 3.24 Å². The number of hydrogen-bond acceptors (Lipinski definition) is 1. The second-order valence-corrected chi connectivity index (χ2v) is 14.7. The van der Waals surface area contributed by atoms with Crippen LogP contribution < -0.4 is 15.3 Å². The lowest BCUT2D eigenvalue weighted by Gasteiger charge is -2.44. The number of fused-ring (bicyclic) bond motifs is 2. The van der Waals surface area contributed by atoms with Gasteiger partial charge in [0.1, 0.15) is 8.07 Å². The lowest BCUT2D eigenvalue weighted by molar-refractivity contribution is 0.684. The molecule has 3 rings (SSSR count). The van der Waals surface area contributed by atoms with Gasteiger partial charge in [-0.3, -0.25) is 0 Å². The summed E-state index contributed by atoms with van der Waals surface area (Å²) < 4.78 is 2.45. The smallest absolute Gasteiger partial charge is 0.123 e.